The van der Waals surface area contributed by atoms with Crippen molar-refractivity contribution in [3.63, 3.8) is 0 Å². The van der Waals surface area contributed by atoms with Gasteiger partial charge in [0, 0.05) is 18.4 Å². The van der Waals surface area contributed by atoms with E-state index in [0.29, 0.717) is 6.42 Å². The molecule has 0 spiro atoms. The zero-order valence-corrected chi connectivity index (χ0v) is 16.6. The summed E-state index contributed by atoms with van der Waals surface area (Å²) in [4.78, 5) is 24.5. The molecule has 6 nitrogen and oxygen atoms in total. The van der Waals surface area contributed by atoms with Crippen LogP contribution in [0.1, 0.15) is 48.3 Å². The fourth-order valence-corrected chi connectivity index (χ4v) is 3.88. The van der Waals surface area contributed by atoms with Crippen LogP contribution in [0.3, 0.4) is 0 Å². The molecule has 2 atom stereocenters. The third kappa shape index (κ3) is 3.54. The highest BCUT2D eigenvalue weighted by atomic mass is 16.4. The van der Waals surface area contributed by atoms with Crippen molar-refractivity contribution in [2.45, 2.75) is 39.3 Å². The van der Waals surface area contributed by atoms with E-state index in [9.17, 15) is 19.8 Å². The minimum absolute atomic E-state index is 0.0460. The molecule has 0 saturated carbocycles. The van der Waals surface area contributed by atoms with Gasteiger partial charge in [0.1, 0.15) is 6.04 Å². The molecule has 1 aliphatic heterocycles. The molecule has 28 heavy (non-hydrogen) atoms. The Bertz CT molecular complexity index is 923. The second kappa shape index (κ2) is 7.19. The molecular weight excluding hydrogens is 356 g/mol. The van der Waals surface area contributed by atoms with Crippen molar-refractivity contribution in [2.24, 2.45) is 5.41 Å². The molecule has 1 aliphatic rings. The summed E-state index contributed by atoms with van der Waals surface area (Å²) in [5.41, 5.74) is 3.87. The van der Waals surface area contributed by atoms with Gasteiger partial charge in [-0.25, -0.2) is 9.59 Å². The average molecular weight is 382 g/mol. The normalized spacial score (nSPS) is 18.5. The topological polar surface area (TPSA) is 89.9 Å². The molecule has 3 rings (SSSR count). The highest BCUT2D eigenvalue weighted by Gasteiger charge is 2.38. The highest BCUT2D eigenvalue weighted by Crippen LogP contribution is 2.47. The van der Waals surface area contributed by atoms with Crippen LogP contribution in [0.5, 0.6) is 0 Å². The van der Waals surface area contributed by atoms with Crippen LogP contribution in [-0.4, -0.2) is 35.2 Å². The summed E-state index contributed by atoms with van der Waals surface area (Å²) in [7, 11) is 1.79. The van der Waals surface area contributed by atoms with Gasteiger partial charge in [-0.1, -0.05) is 32.0 Å². The molecule has 2 aromatic carbocycles. The standard InChI is InChI=1S/C22H26N2O4/c1-13(20(25)26)24(4)18-8-6-5-7-16(18)19-22(2,3)12-15-11-14(21(27)28)9-10-17(15)23-19/h5-11,13,19,23H,12H2,1-4H3,(H,25,26)(H,27,28). The minimum atomic E-state index is -0.933. The van der Waals surface area contributed by atoms with Gasteiger partial charge in [-0.3, -0.25) is 0 Å². The molecule has 0 saturated heterocycles. The molecule has 6 heteroatoms. The number of para-hydroxylation sites is 1. The van der Waals surface area contributed by atoms with E-state index in [-0.39, 0.29) is 17.0 Å². The van der Waals surface area contributed by atoms with Crippen LogP contribution in [0.2, 0.25) is 0 Å². The van der Waals surface area contributed by atoms with Gasteiger partial charge in [0.15, 0.2) is 0 Å². The first-order chi connectivity index (χ1) is 13.1. The van der Waals surface area contributed by atoms with Gasteiger partial charge in [-0.15, -0.1) is 0 Å². The van der Waals surface area contributed by atoms with Crippen molar-refractivity contribution in [2.75, 3.05) is 17.3 Å². The van der Waals surface area contributed by atoms with Gasteiger partial charge in [-0.05, 0) is 54.2 Å². The number of nitrogens with one attached hydrogen (secondary N) is 1. The Morgan fingerprint density at radius 1 is 1.18 bits per heavy atom. The van der Waals surface area contributed by atoms with Crippen LogP contribution in [0.15, 0.2) is 42.5 Å². The number of hydrogen-bond donors (Lipinski definition) is 3. The van der Waals surface area contributed by atoms with Gasteiger partial charge in [0.2, 0.25) is 0 Å². The van der Waals surface area contributed by atoms with Crippen LogP contribution in [0.25, 0.3) is 0 Å². The smallest absolute Gasteiger partial charge is 0.335 e. The number of carboxylic acid groups (broad SMARTS) is 2. The molecule has 0 fully saturated rings. The van der Waals surface area contributed by atoms with Gasteiger partial charge in [0.25, 0.3) is 0 Å². The lowest BCUT2D eigenvalue weighted by molar-refractivity contribution is -0.138. The molecule has 0 aromatic heterocycles. The van der Waals surface area contributed by atoms with Crippen molar-refractivity contribution in [1.82, 2.24) is 0 Å². The largest absolute Gasteiger partial charge is 0.480 e. The first-order valence-corrected chi connectivity index (χ1v) is 9.29. The molecule has 0 radical (unpaired) electrons. The van der Waals surface area contributed by atoms with Crippen molar-refractivity contribution < 1.29 is 19.8 Å². The summed E-state index contributed by atoms with van der Waals surface area (Å²) in [5, 5.41) is 22.2. The Morgan fingerprint density at radius 2 is 1.86 bits per heavy atom. The van der Waals surface area contributed by atoms with Crippen LogP contribution >= 0.6 is 0 Å². The number of hydrogen-bond acceptors (Lipinski definition) is 4. The first kappa shape index (κ1) is 19.7. The van der Waals surface area contributed by atoms with Gasteiger partial charge in [0.05, 0.1) is 11.6 Å². The van der Waals surface area contributed by atoms with E-state index in [1.54, 1.807) is 31.0 Å². The summed E-state index contributed by atoms with van der Waals surface area (Å²) in [6.07, 6.45) is 0.716. The summed E-state index contributed by atoms with van der Waals surface area (Å²) >= 11 is 0. The van der Waals surface area contributed by atoms with Crippen LogP contribution in [0, 0.1) is 5.41 Å². The predicted octanol–water partition coefficient (Wildman–Crippen LogP) is 4.03. The zero-order valence-electron chi connectivity index (χ0n) is 16.6. The van der Waals surface area contributed by atoms with E-state index >= 15 is 0 Å². The minimum Gasteiger partial charge on any atom is -0.480 e. The second-order valence-corrected chi connectivity index (χ2v) is 8.10. The molecule has 0 aliphatic carbocycles. The molecule has 148 valence electrons. The number of fused-ring (bicyclic) bond motifs is 1. The molecule has 2 unspecified atom stereocenters. The van der Waals surface area contributed by atoms with Crippen LogP contribution in [-0.2, 0) is 11.2 Å². The monoisotopic (exact) mass is 382 g/mol. The SMILES string of the molecule is CC(C(=O)O)N(C)c1ccccc1C1Nc2ccc(C(=O)O)cc2CC1(C)C. The predicted molar refractivity (Wildman–Crippen MR) is 109 cm³/mol. The third-order valence-electron chi connectivity index (χ3n) is 5.65. The number of likely N-dealkylation sites (N-methyl/N-ethyl adjacent to an activating group) is 1. The number of nitrogens with zero attached hydrogens (tertiary/aromatic N) is 1. The number of aromatic carboxylic acids is 1. The average Bonchev–Trinajstić information content (AvgIpc) is 2.65. The number of carboxylic acids is 2. The quantitative estimate of drug-likeness (QED) is 0.723. The van der Waals surface area contributed by atoms with Gasteiger partial charge < -0.3 is 20.4 Å². The Morgan fingerprint density at radius 3 is 2.50 bits per heavy atom. The number of carbonyl (C=O) groups is 2. The van der Waals surface area contributed by atoms with E-state index in [2.05, 4.69) is 19.2 Å². The molecule has 1 heterocycles. The first-order valence-electron chi connectivity index (χ1n) is 9.29. The van der Waals surface area contributed by atoms with Crippen molar-refractivity contribution in [3.8, 4) is 0 Å². The summed E-state index contributed by atoms with van der Waals surface area (Å²) in [6, 6.07) is 12.3. The number of aliphatic carboxylic acids is 1. The van der Waals surface area contributed by atoms with Crippen molar-refractivity contribution in [1.29, 1.82) is 0 Å². The summed E-state index contributed by atoms with van der Waals surface area (Å²) < 4.78 is 0. The Hall–Kier alpha value is -3.02. The number of benzene rings is 2. The molecule has 0 amide bonds. The van der Waals surface area contributed by atoms with E-state index in [1.807, 2.05) is 30.3 Å². The molecule has 0 bridgehead atoms. The Balaban J connectivity index is 2.03. The third-order valence-corrected chi connectivity index (χ3v) is 5.65. The maximum atomic E-state index is 11.5. The molecular formula is C22H26N2O4. The van der Waals surface area contributed by atoms with E-state index in [1.165, 1.54) is 0 Å². The van der Waals surface area contributed by atoms with Crippen molar-refractivity contribution in [3.05, 3.63) is 59.2 Å². The Kier molecular flexibility index (Phi) is 5.06. The summed E-state index contributed by atoms with van der Waals surface area (Å²) in [6.45, 7) is 5.94. The van der Waals surface area contributed by atoms with E-state index < -0.39 is 18.0 Å². The van der Waals surface area contributed by atoms with Crippen molar-refractivity contribution >= 4 is 23.3 Å². The van der Waals surface area contributed by atoms with Gasteiger partial charge >= 0.3 is 11.9 Å². The maximum absolute atomic E-state index is 11.5. The van der Waals surface area contributed by atoms with E-state index in [0.717, 1.165) is 22.5 Å². The lowest BCUT2D eigenvalue weighted by Crippen LogP contribution is -2.39. The lowest BCUT2D eigenvalue weighted by Gasteiger charge is -2.43. The second-order valence-electron chi connectivity index (χ2n) is 8.10. The Labute approximate surface area is 164 Å². The maximum Gasteiger partial charge on any atom is 0.335 e. The fourth-order valence-electron chi connectivity index (χ4n) is 3.88. The zero-order chi connectivity index (χ0) is 20.6. The highest BCUT2D eigenvalue weighted by molar-refractivity contribution is 5.88. The lowest BCUT2D eigenvalue weighted by atomic mass is 9.72. The van der Waals surface area contributed by atoms with Gasteiger partial charge in [-0.2, -0.15) is 0 Å². The van der Waals surface area contributed by atoms with Crippen LogP contribution < -0.4 is 10.2 Å². The molecule has 2 aromatic rings. The van der Waals surface area contributed by atoms with Crippen LogP contribution in [0.4, 0.5) is 11.4 Å². The number of anilines is 2. The summed E-state index contributed by atoms with van der Waals surface area (Å²) in [5.74, 6) is -1.81. The fraction of sp³-hybridized carbons (Fsp3) is 0.364. The van der Waals surface area contributed by atoms with E-state index in [4.69, 9.17) is 0 Å². The number of rotatable bonds is 5. The molecule has 3 N–H and O–H groups in total.